The molecule has 1 aromatic heterocycles. The van der Waals surface area contributed by atoms with Crippen LogP contribution in [0.4, 0.5) is 13.2 Å². The van der Waals surface area contributed by atoms with Gasteiger partial charge in [-0.25, -0.2) is 0 Å². The molecular weight excluding hydrogens is 249 g/mol. The van der Waals surface area contributed by atoms with E-state index >= 15 is 0 Å². The van der Waals surface area contributed by atoms with Gasteiger partial charge in [-0.2, -0.15) is 13.2 Å². The summed E-state index contributed by atoms with van der Waals surface area (Å²) in [6.07, 6.45) is -5.80. The van der Waals surface area contributed by atoms with Crippen molar-refractivity contribution in [1.82, 2.24) is 9.47 Å². The average molecular weight is 264 g/mol. The fourth-order valence-corrected chi connectivity index (χ4v) is 1.66. The standard InChI is InChI=1S/C11H15F3N2O2/c1-15(2)6-7-4-9(17)10(18)8(16(7)3)5-11(12,13)14/h4,18H,5-6H2,1-3H3. The van der Waals surface area contributed by atoms with E-state index in [2.05, 4.69) is 0 Å². The molecule has 18 heavy (non-hydrogen) atoms. The largest absolute Gasteiger partial charge is 0.503 e. The molecule has 0 aliphatic rings. The Balaban J connectivity index is 3.31. The topological polar surface area (TPSA) is 45.5 Å². The van der Waals surface area contributed by atoms with E-state index in [1.807, 2.05) is 0 Å². The molecular formula is C11H15F3N2O2. The summed E-state index contributed by atoms with van der Waals surface area (Å²) in [6.45, 7) is 0.316. The summed E-state index contributed by atoms with van der Waals surface area (Å²) in [6, 6.07) is 1.15. The van der Waals surface area contributed by atoms with Crippen LogP contribution in [0.1, 0.15) is 11.4 Å². The normalized spacial score (nSPS) is 12.2. The molecule has 0 aliphatic heterocycles. The molecule has 0 saturated heterocycles. The van der Waals surface area contributed by atoms with Gasteiger partial charge >= 0.3 is 6.18 Å². The summed E-state index contributed by atoms with van der Waals surface area (Å²) in [5.74, 6) is -0.836. The van der Waals surface area contributed by atoms with Crippen LogP contribution >= 0.6 is 0 Å². The van der Waals surface area contributed by atoms with E-state index in [4.69, 9.17) is 0 Å². The van der Waals surface area contributed by atoms with E-state index in [-0.39, 0.29) is 0 Å². The fraction of sp³-hybridized carbons (Fsp3) is 0.545. The molecule has 1 aromatic rings. The molecule has 1 heterocycles. The van der Waals surface area contributed by atoms with E-state index in [1.54, 1.807) is 19.0 Å². The SMILES string of the molecule is CN(C)Cc1cc(=O)c(O)c(CC(F)(F)F)n1C. The Hall–Kier alpha value is -1.50. The highest BCUT2D eigenvalue weighted by Gasteiger charge is 2.31. The number of aromatic hydroxyl groups is 1. The Morgan fingerprint density at radius 1 is 1.39 bits per heavy atom. The van der Waals surface area contributed by atoms with Crippen molar-refractivity contribution in [2.75, 3.05) is 14.1 Å². The van der Waals surface area contributed by atoms with E-state index in [1.165, 1.54) is 11.6 Å². The van der Waals surface area contributed by atoms with Crippen LogP contribution in [-0.4, -0.2) is 34.8 Å². The Labute approximate surface area is 102 Å². The first kappa shape index (κ1) is 14.6. The van der Waals surface area contributed by atoms with Crippen LogP contribution in [0, 0.1) is 0 Å². The summed E-state index contributed by atoms with van der Waals surface area (Å²) in [7, 11) is 4.88. The average Bonchev–Trinajstić information content (AvgIpc) is 2.19. The second-order valence-electron chi connectivity index (χ2n) is 4.38. The van der Waals surface area contributed by atoms with Gasteiger partial charge in [0, 0.05) is 25.4 Å². The van der Waals surface area contributed by atoms with E-state index in [0.29, 0.717) is 12.2 Å². The molecule has 1 N–H and O–H groups in total. The fourth-order valence-electron chi connectivity index (χ4n) is 1.66. The van der Waals surface area contributed by atoms with Crippen molar-refractivity contribution in [1.29, 1.82) is 0 Å². The summed E-state index contributed by atoms with van der Waals surface area (Å²) >= 11 is 0. The quantitative estimate of drug-likeness (QED) is 0.894. The molecule has 4 nitrogen and oxygen atoms in total. The van der Waals surface area contributed by atoms with Gasteiger partial charge in [0.25, 0.3) is 0 Å². The van der Waals surface area contributed by atoms with E-state index in [0.717, 1.165) is 6.07 Å². The van der Waals surface area contributed by atoms with Crippen molar-refractivity contribution in [3.8, 4) is 5.75 Å². The minimum absolute atomic E-state index is 0.316. The first-order chi connectivity index (χ1) is 8.11. The maximum atomic E-state index is 12.4. The molecule has 102 valence electrons. The van der Waals surface area contributed by atoms with Crippen molar-refractivity contribution < 1.29 is 18.3 Å². The monoisotopic (exact) mass is 264 g/mol. The maximum absolute atomic E-state index is 12.4. The van der Waals surface area contributed by atoms with Crippen LogP contribution < -0.4 is 5.43 Å². The molecule has 0 atom stereocenters. The molecule has 7 heteroatoms. The molecule has 0 spiro atoms. The molecule has 0 aromatic carbocycles. The van der Waals surface area contributed by atoms with Crippen LogP contribution in [0.5, 0.6) is 5.75 Å². The van der Waals surface area contributed by atoms with Crippen LogP contribution in [0.3, 0.4) is 0 Å². The number of pyridine rings is 1. The van der Waals surface area contributed by atoms with E-state index in [9.17, 15) is 23.1 Å². The Kier molecular flexibility index (Phi) is 4.05. The smallest absolute Gasteiger partial charge is 0.394 e. The molecule has 0 bridgehead atoms. The number of alkyl halides is 3. The Morgan fingerprint density at radius 2 is 1.94 bits per heavy atom. The van der Waals surface area contributed by atoms with Crippen LogP contribution in [0.25, 0.3) is 0 Å². The van der Waals surface area contributed by atoms with E-state index < -0.39 is 29.5 Å². The third-order valence-corrected chi connectivity index (χ3v) is 2.49. The van der Waals surface area contributed by atoms with Crippen molar-refractivity contribution in [3.05, 3.63) is 27.7 Å². The van der Waals surface area contributed by atoms with Crippen molar-refractivity contribution in [2.24, 2.45) is 7.05 Å². The molecule has 0 unspecified atom stereocenters. The predicted molar refractivity (Wildman–Crippen MR) is 60.5 cm³/mol. The number of hydrogen-bond donors (Lipinski definition) is 1. The zero-order chi connectivity index (χ0) is 14.1. The van der Waals surface area contributed by atoms with Gasteiger partial charge in [-0.3, -0.25) is 4.79 Å². The van der Waals surface area contributed by atoms with Gasteiger partial charge in [-0.1, -0.05) is 0 Å². The zero-order valence-electron chi connectivity index (χ0n) is 10.4. The highest BCUT2D eigenvalue weighted by molar-refractivity contribution is 5.30. The Morgan fingerprint density at radius 3 is 2.39 bits per heavy atom. The van der Waals surface area contributed by atoms with Gasteiger partial charge in [0.05, 0.1) is 12.1 Å². The van der Waals surface area contributed by atoms with Gasteiger partial charge in [0.15, 0.2) is 5.75 Å². The molecule has 0 radical (unpaired) electrons. The maximum Gasteiger partial charge on any atom is 0.394 e. The Bertz CT molecular complexity index is 492. The summed E-state index contributed by atoms with van der Waals surface area (Å²) in [5, 5.41) is 9.45. The van der Waals surface area contributed by atoms with Crippen molar-refractivity contribution in [2.45, 2.75) is 19.1 Å². The lowest BCUT2D eigenvalue weighted by molar-refractivity contribution is -0.128. The number of rotatable bonds is 3. The zero-order valence-corrected chi connectivity index (χ0v) is 10.4. The first-order valence-corrected chi connectivity index (χ1v) is 5.24. The predicted octanol–water partition coefficient (Wildman–Crippen LogP) is 1.26. The lowest BCUT2D eigenvalue weighted by Crippen LogP contribution is -2.24. The minimum atomic E-state index is -4.47. The van der Waals surface area contributed by atoms with Crippen LogP contribution in [0.2, 0.25) is 0 Å². The second kappa shape index (κ2) is 5.01. The lowest BCUT2D eigenvalue weighted by Gasteiger charge is -2.19. The number of aromatic nitrogens is 1. The lowest BCUT2D eigenvalue weighted by atomic mass is 10.2. The first-order valence-electron chi connectivity index (χ1n) is 5.24. The molecule has 0 saturated carbocycles. The van der Waals surface area contributed by atoms with Crippen molar-refractivity contribution >= 4 is 0 Å². The highest BCUT2D eigenvalue weighted by atomic mass is 19.4. The van der Waals surface area contributed by atoms with Gasteiger partial charge < -0.3 is 14.6 Å². The summed E-state index contributed by atoms with van der Waals surface area (Å²) < 4.78 is 38.4. The third-order valence-electron chi connectivity index (χ3n) is 2.49. The van der Waals surface area contributed by atoms with Crippen molar-refractivity contribution in [3.63, 3.8) is 0 Å². The number of halogens is 3. The molecule has 1 rings (SSSR count). The minimum Gasteiger partial charge on any atom is -0.503 e. The molecule has 0 amide bonds. The highest BCUT2D eigenvalue weighted by Crippen LogP contribution is 2.25. The van der Waals surface area contributed by atoms with Gasteiger partial charge in [-0.05, 0) is 14.1 Å². The van der Waals surface area contributed by atoms with Gasteiger partial charge in [-0.15, -0.1) is 0 Å². The van der Waals surface area contributed by atoms with Gasteiger partial charge in [0.1, 0.15) is 0 Å². The van der Waals surface area contributed by atoms with Crippen LogP contribution in [-0.2, 0) is 20.0 Å². The third kappa shape index (κ3) is 3.49. The number of hydrogen-bond acceptors (Lipinski definition) is 3. The second-order valence-corrected chi connectivity index (χ2v) is 4.38. The summed E-state index contributed by atoms with van der Waals surface area (Å²) in [4.78, 5) is 13.2. The van der Waals surface area contributed by atoms with Gasteiger partial charge in [0.2, 0.25) is 5.43 Å². The molecule has 0 aliphatic carbocycles. The summed E-state index contributed by atoms with van der Waals surface area (Å²) in [5.41, 5.74) is -0.780. The van der Waals surface area contributed by atoms with Crippen LogP contribution in [0.15, 0.2) is 10.9 Å². The molecule has 0 fully saturated rings. The number of nitrogens with zero attached hydrogens (tertiary/aromatic N) is 2.